The van der Waals surface area contributed by atoms with Crippen molar-refractivity contribution in [3.05, 3.63) is 52.4 Å². The number of benzene rings is 2. The second kappa shape index (κ2) is 10.0. The number of aromatic amines is 1. The predicted molar refractivity (Wildman–Crippen MR) is 126 cm³/mol. The molecule has 1 amide bonds. The number of nitrogens with zero attached hydrogens (tertiary/aromatic N) is 3. The second-order valence-corrected chi connectivity index (χ2v) is 9.24. The molecule has 33 heavy (non-hydrogen) atoms. The highest BCUT2D eigenvalue weighted by molar-refractivity contribution is 7.99. The van der Waals surface area contributed by atoms with Crippen molar-refractivity contribution in [1.29, 1.82) is 0 Å². The summed E-state index contributed by atoms with van der Waals surface area (Å²) in [6.07, 6.45) is 0.941. The number of tetrazole rings is 1. The van der Waals surface area contributed by atoms with Crippen molar-refractivity contribution in [3.8, 4) is 5.75 Å². The van der Waals surface area contributed by atoms with E-state index >= 15 is 0 Å². The van der Waals surface area contributed by atoms with Crippen LogP contribution in [0.4, 0.5) is 5.95 Å². The van der Waals surface area contributed by atoms with Gasteiger partial charge in [-0.05, 0) is 59.2 Å². The van der Waals surface area contributed by atoms with Crippen molar-refractivity contribution in [2.45, 2.75) is 29.6 Å². The number of rotatable bonds is 8. The third-order valence-electron chi connectivity index (χ3n) is 4.93. The monoisotopic (exact) mass is 483 g/mol. The van der Waals surface area contributed by atoms with Gasteiger partial charge in [-0.25, -0.2) is 5.10 Å². The van der Waals surface area contributed by atoms with E-state index < -0.39 is 0 Å². The van der Waals surface area contributed by atoms with E-state index in [-0.39, 0.29) is 17.8 Å². The molecule has 0 radical (unpaired) electrons. The Bertz CT molecular complexity index is 1290. The minimum absolute atomic E-state index is 0.178. The summed E-state index contributed by atoms with van der Waals surface area (Å²) in [7, 11) is 3.01. The van der Waals surface area contributed by atoms with E-state index in [9.17, 15) is 9.59 Å². The van der Waals surface area contributed by atoms with Gasteiger partial charge in [-0.1, -0.05) is 29.0 Å². The average Bonchev–Trinajstić information content (AvgIpc) is 3.45. The molecule has 2 aromatic heterocycles. The van der Waals surface area contributed by atoms with Crippen molar-refractivity contribution in [2.24, 2.45) is 0 Å². The Hall–Kier alpha value is -3.44. The Labute approximate surface area is 197 Å². The third kappa shape index (κ3) is 5.15. The number of hydrogen-bond acceptors (Lipinski definition) is 9. The van der Waals surface area contributed by atoms with Crippen LogP contribution in [0.1, 0.15) is 27.2 Å². The first kappa shape index (κ1) is 22.7. The molecule has 9 nitrogen and oxygen atoms in total. The lowest BCUT2D eigenvalue weighted by Crippen LogP contribution is -2.12. The van der Waals surface area contributed by atoms with Crippen molar-refractivity contribution < 1.29 is 19.1 Å². The molecule has 0 aliphatic rings. The van der Waals surface area contributed by atoms with Gasteiger partial charge in [0.1, 0.15) is 10.6 Å². The number of fused-ring (bicyclic) bond motifs is 1. The number of anilines is 1. The van der Waals surface area contributed by atoms with Gasteiger partial charge in [-0.15, -0.1) is 11.3 Å². The first-order chi connectivity index (χ1) is 16.0. The summed E-state index contributed by atoms with van der Waals surface area (Å²) in [5.74, 6) is 0.406. The van der Waals surface area contributed by atoms with Gasteiger partial charge in [0.25, 0.3) is 5.91 Å². The minimum Gasteiger partial charge on any atom is -0.496 e. The summed E-state index contributed by atoms with van der Waals surface area (Å²) in [4.78, 5) is 26.8. The van der Waals surface area contributed by atoms with Crippen LogP contribution in [0.5, 0.6) is 5.75 Å². The number of carbonyl (C=O) groups is 2. The number of amides is 1. The number of H-pyrrole nitrogens is 1. The lowest BCUT2D eigenvalue weighted by molar-refractivity contribution is -0.140. The molecule has 11 heteroatoms. The molecule has 4 aromatic rings. The Kier molecular flexibility index (Phi) is 6.90. The number of ether oxygens (including phenoxy) is 2. The molecule has 4 rings (SSSR count). The molecule has 2 N–H and O–H groups in total. The van der Waals surface area contributed by atoms with E-state index in [4.69, 9.17) is 9.47 Å². The SMILES string of the molecule is COC(=O)CCc1ccc(Sc2c(C(=O)Nc3nnn[nH]3)sc3cc(OC)c(C)cc23)cc1. The first-order valence-corrected chi connectivity index (χ1v) is 11.6. The number of methoxy groups -OCH3 is 2. The largest absolute Gasteiger partial charge is 0.496 e. The van der Waals surface area contributed by atoms with Gasteiger partial charge < -0.3 is 9.47 Å². The highest BCUT2D eigenvalue weighted by Crippen LogP contribution is 2.44. The van der Waals surface area contributed by atoms with Crippen LogP contribution in [0.2, 0.25) is 0 Å². The third-order valence-corrected chi connectivity index (χ3v) is 7.35. The van der Waals surface area contributed by atoms with Crippen molar-refractivity contribution in [1.82, 2.24) is 20.6 Å². The number of esters is 1. The number of aromatic nitrogens is 4. The molecule has 0 unspecified atom stereocenters. The number of thiophene rings is 1. The molecule has 0 aliphatic carbocycles. The first-order valence-electron chi connectivity index (χ1n) is 9.98. The van der Waals surface area contributed by atoms with Gasteiger partial charge >= 0.3 is 5.97 Å². The van der Waals surface area contributed by atoms with Crippen LogP contribution < -0.4 is 10.1 Å². The molecule has 0 saturated carbocycles. The summed E-state index contributed by atoms with van der Waals surface area (Å²) >= 11 is 2.89. The topological polar surface area (TPSA) is 119 Å². The molecule has 0 fully saturated rings. The molecule has 0 bridgehead atoms. The van der Waals surface area contributed by atoms with Crippen molar-refractivity contribution in [2.75, 3.05) is 19.5 Å². The Morgan fingerprint density at radius 2 is 1.97 bits per heavy atom. The summed E-state index contributed by atoms with van der Waals surface area (Å²) in [5, 5.41) is 16.9. The zero-order chi connectivity index (χ0) is 23.4. The van der Waals surface area contributed by atoms with Gasteiger partial charge in [0, 0.05) is 26.3 Å². The van der Waals surface area contributed by atoms with Crippen LogP contribution in [0.3, 0.4) is 0 Å². The lowest BCUT2D eigenvalue weighted by Gasteiger charge is -2.08. The summed E-state index contributed by atoms with van der Waals surface area (Å²) in [6.45, 7) is 1.97. The van der Waals surface area contributed by atoms with E-state index in [0.29, 0.717) is 17.7 Å². The van der Waals surface area contributed by atoms with Gasteiger partial charge in [0.15, 0.2) is 0 Å². The zero-order valence-corrected chi connectivity index (χ0v) is 19.8. The molecule has 0 spiro atoms. The predicted octanol–water partition coefficient (Wildman–Crippen LogP) is 4.24. The quantitative estimate of drug-likeness (QED) is 0.357. The number of hydrogen-bond donors (Lipinski definition) is 2. The van der Waals surface area contributed by atoms with E-state index in [2.05, 4.69) is 25.9 Å². The molecule has 170 valence electrons. The lowest BCUT2D eigenvalue weighted by atomic mass is 10.1. The zero-order valence-electron chi connectivity index (χ0n) is 18.2. The summed E-state index contributed by atoms with van der Waals surface area (Å²) < 4.78 is 11.1. The fourth-order valence-corrected chi connectivity index (χ4v) is 5.54. The van der Waals surface area contributed by atoms with Crippen LogP contribution in [-0.4, -0.2) is 46.7 Å². The molecule has 2 heterocycles. The van der Waals surface area contributed by atoms with E-state index in [1.165, 1.54) is 30.2 Å². The molecular weight excluding hydrogens is 462 g/mol. The molecule has 2 aromatic carbocycles. The molecular formula is C22H21N5O4S2. The fourth-order valence-electron chi connectivity index (χ4n) is 3.25. The Morgan fingerprint density at radius 1 is 1.18 bits per heavy atom. The standard InChI is InChI=1S/C22H21N5O4S2/c1-12-10-15-17(11-16(12)30-2)33-20(21(29)23-22-24-26-27-25-22)19(15)32-14-7-4-13(5-8-14)6-9-18(28)31-3/h4-5,7-8,10-11H,6,9H2,1-3H3,(H2,23,24,25,26,27,29). The van der Waals surface area contributed by atoms with Gasteiger partial charge in [0.05, 0.1) is 14.2 Å². The molecule has 0 aliphatic heterocycles. The number of carbonyl (C=O) groups excluding carboxylic acids is 2. The van der Waals surface area contributed by atoms with Crippen LogP contribution in [0.15, 0.2) is 46.2 Å². The van der Waals surface area contributed by atoms with Gasteiger partial charge in [-0.2, -0.15) is 0 Å². The second-order valence-electron chi connectivity index (χ2n) is 7.10. The minimum atomic E-state index is -0.302. The Morgan fingerprint density at radius 3 is 2.64 bits per heavy atom. The number of nitrogens with one attached hydrogen (secondary N) is 2. The van der Waals surface area contributed by atoms with Crippen LogP contribution in [0.25, 0.3) is 10.1 Å². The van der Waals surface area contributed by atoms with Crippen LogP contribution in [0, 0.1) is 6.92 Å². The maximum atomic E-state index is 13.1. The smallest absolute Gasteiger partial charge is 0.305 e. The molecule has 0 saturated heterocycles. The highest BCUT2D eigenvalue weighted by atomic mass is 32.2. The normalized spacial score (nSPS) is 10.9. The summed E-state index contributed by atoms with van der Waals surface area (Å²) in [5.41, 5.74) is 2.02. The molecule has 0 atom stereocenters. The van der Waals surface area contributed by atoms with Crippen molar-refractivity contribution >= 4 is 51.0 Å². The van der Waals surface area contributed by atoms with Crippen LogP contribution >= 0.6 is 23.1 Å². The van der Waals surface area contributed by atoms with E-state index in [1.54, 1.807) is 7.11 Å². The van der Waals surface area contributed by atoms with Crippen LogP contribution in [-0.2, 0) is 16.0 Å². The Balaban J connectivity index is 1.66. The fraction of sp³-hybridized carbons (Fsp3) is 0.227. The maximum Gasteiger partial charge on any atom is 0.305 e. The number of aryl methyl sites for hydroxylation is 2. The van der Waals surface area contributed by atoms with E-state index in [0.717, 1.165) is 36.8 Å². The van der Waals surface area contributed by atoms with E-state index in [1.807, 2.05) is 43.3 Å². The summed E-state index contributed by atoms with van der Waals surface area (Å²) in [6, 6.07) is 11.9. The van der Waals surface area contributed by atoms with Gasteiger partial charge in [0.2, 0.25) is 5.95 Å². The van der Waals surface area contributed by atoms with Crippen molar-refractivity contribution in [3.63, 3.8) is 0 Å². The van der Waals surface area contributed by atoms with Gasteiger partial charge in [-0.3, -0.25) is 14.9 Å². The average molecular weight is 484 g/mol. The maximum absolute atomic E-state index is 13.1. The highest BCUT2D eigenvalue weighted by Gasteiger charge is 2.22.